The van der Waals surface area contributed by atoms with Crippen LogP contribution in [0.4, 0.5) is 0 Å². The zero-order valence-corrected chi connectivity index (χ0v) is 14.0. The predicted molar refractivity (Wildman–Crippen MR) is 91.3 cm³/mol. The first-order chi connectivity index (χ1) is 11.6. The minimum absolute atomic E-state index is 0.0305. The highest BCUT2D eigenvalue weighted by Crippen LogP contribution is 2.41. The van der Waals surface area contributed by atoms with Crippen molar-refractivity contribution in [1.29, 1.82) is 0 Å². The van der Waals surface area contributed by atoms with Gasteiger partial charge in [-0.1, -0.05) is 6.07 Å². The molecule has 1 aliphatic rings. The monoisotopic (exact) mass is 323 g/mol. The van der Waals surface area contributed by atoms with E-state index in [4.69, 9.17) is 0 Å². The Labute approximate surface area is 140 Å². The van der Waals surface area contributed by atoms with Gasteiger partial charge >= 0.3 is 0 Å². The van der Waals surface area contributed by atoms with Crippen molar-refractivity contribution in [3.8, 4) is 0 Å². The Bertz CT molecular complexity index is 937. The molecule has 0 saturated carbocycles. The summed E-state index contributed by atoms with van der Waals surface area (Å²) in [6.45, 7) is 3.87. The fraction of sp³-hybridized carbons (Fsp3) is 0.368. The summed E-state index contributed by atoms with van der Waals surface area (Å²) >= 11 is 0. The molecule has 0 amide bonds. The van der Waals surface area contributed by atoms with Crippen molar-refractivity contribution in [3.63, 3.8) is 0 Å². The number of pyridine rings is 1. The normalized spacial score (nSPS) is 20.5. The van der Waals surface area contributed by atoms with Gasteiger partial charge in [-0.25, -0.2) is 4.98 Å². The summed E-state index contributed by atoms with van der Waals surface area (Å²) in [6.07, 6.45) is 5.51. The van der Waals surface area contributed by atoms with Crippen molar-refractivity contribution >= 4 is 11.3 Å². The number of fused-ring (bicyclic) bond motifs is 3. The van der Waals surface area contributed by atoms with E-state index in [0.717, 1.165) is 34.6 Å². The smallest absolute Gasteiger partial charge is 0.188 e. The van der Waals surface area contributed by atoms with Gasteiger partial charge in [-0.05, 0) is 49.9 Å². The van der Waals surface area contributed by atoms with Crippen LogP contribution in [0.1, 0.15) is 39.4 Å². The second-order valence-corrected chi connectivity index (χ2v) is 6.83. The van der Waals surface area contributed by atoms with Crippen LogP contribution in [0.25, 0.3) is 5.52 Å². The van der Waals surface area contributed by atoms with Gasteiger partial charge in [0.05, 0.1) is 29.7 Å². The Morgan fingerprint density at radius 3 is 2.92 bits per heavy atom. The Balaban J connectivity index is 1.86. The van der Waals surface area contributed by atoms with Crippen molar-refractivity contribution in [2.45, 2.75) is 33.1 Å². The van der Waals surface area contributed by atoms with Crippen molar-refractivity contribution in [2.24, 2.45) is 5.41 Å². The van der Waals surface area contributed by atoms with Crippen LogP contribution in [-0.2, 0) is 12.8 Å². The molecule has 0 radical (unpaired) electrons. The van der Waals surface area contributed by atoms with Crippen molar-refractivity contribution in [3.05, 3.63) is 58.9 Å². The van der Waals surface area contributed by atoms with Gasteiger partial charge in [-0.3, -0.25) is 4.79 Å². The van der Waals surface area contributed by atoms with E-state index in [-0.39, 0.29) is 12.4 Å². The summed E-state index contributed by atoms with van der Waals surface area (Å²) < 4.78 is 1.98. The Morgan fingerprint density at radius 2 is 2.21 bits per heavy atom. The van der Waals surface area contributed by atoms with E-state index in [9.17, 15) is 9.90 Å². The number of aromatic amines is 1. The summed E-state index contributed by atoms with van der Waals surface area (Å²) in [6, 6.07) is 5.97. The maximum Gasteiger partial charge on any atom is 0.188 e. The molecular formula is C19H21N3O2. The highest BCUT2D eigenvalue weighted by atomic mass is 16.3. The highest BCUT2D eigenvalue weighted by molar-refractivity contribution is 6.03. The van der Waals surface area contributed by atoms with Gasteiger partial charge in [0.2, 0.25) is 0 Å². The molecule has 0 saturated heterocycles. The molecule has 0 spiro atoms. The molecule has 0 fully saturated rings. The Morgan fingerprint density at radius 1 is 1.38 bits per heavy atom. The molecule has 0 bridgehead atoms. The molecule has 0 aromatic carbocycles. The Kier molecular flexibility index (Phi) is 3.35. The number of hydrogen-bond donors (Lipinski definition) is 2. The quantitative estimate of drug-likeness (QED) is 0.778. The number of carbonyl (C=O) groups is 1. The van der Waals surface area contributed by atoms with E-state index in [1.54, 1.807) is 6.33 Å². The molecule has 0 aliphatic heterocycles. The highest BCUT2D eigenvalue weighted by Gasteiger charge is 2.45. The van der Waals surface area contributed by atoms with Crippen LogP contribution < -0.4 is 0 Å². The van der Waals surface area contributed by atoms with Gasteiger partial charge in [0.15, 0.2) is 5.78 Å². The van der Waals surface area contributed by atoms with Crippen LogP contribution >= 0.6 is 0 Å². The second-order valence-electron chi connectivity index (χ2n) is 6.83. The number of nitrogens with zero attached hydrogens (tertiary/aromatic N) is 2. The van der Waals surface area contributed by atoms with Crippen molar-refractivity contribution in [2.75, 3.05) is 6.61 Å². The summed E-state index contributed by atoms with van der Waals surface area (Å²) in [7, 11) is 0. The van der Waals surface area contributed by atoms with Crippen LogP contribution in [0.15, 0.2) is 30.7 Å². The first kappa shape index (κ1) is 15.1. The van der Waals surface area contributed by atoms with E-state index in [2.05, 4.69) is 16.9 Å². The lowest BCUT2D eigenvalue weighted by Gasteiger charge is -2.34. The number of aliphatic hydroxyl groups is 1. The summed E-state index contributed by atoms with van der Waals surface area (Å²) in [5.41, 5.74) is 5.12. The molecule has 1 unspecified atom stereocenters. The number of imidazole rings is 1. The van der Waals surface area contributed by atoms with Crippen molar-refractivity contribution < 1.29 is 9.90 Å². The van der Waals surface area contributed by atoms with E-state index in [1.165, 1.54) is 5.56 Å². The number of nitrogens with one attached hydrogen (secondary N) is 1. The fourth-order valence-electron chi connectivity index (χ4n) is 3.96. The van der Waals surface area contributed by atoms with Gasteiger partial charge in [-0.2, -0.15) is 0 Å². The third-order valence-corrected chi connectivity index (χ3v) is 5.52. The van der Waals surface area contributed by atoms with Crippen LogP contribution in [0, 0.1) is 19.3 Å². The van der Waals surface area contributed by atoms with Crippen LogP contribution in [-0.4, -0.2) is 31.9 Å². The standard InChI is InChI=1S/C19H21N3O2/c1-12-14-6-7-19(10-23,9-15-13(2)20-11-21-15)18(24)17(14)22-8-4-3-5-16(12)22/h3-5,8,11,23H,6-7,9-10H2,1-2H3,(H,20,21). The second kappa shape index (κ2) is 5.31. The lowest BCUT2D eigenvalue weighted by atomic mass is 9.69. The first-order valence-corrected chi connectivity index (χ1v) is 8.30. The molecule has 24 heavy (non-hydrogen) atoms. The van der Waals surface area contributed by atoms with Gasteiger partial charge < -0.3 is 14.5 Å². The number of H-pyrrole nitrogens is 1. The largest absolute Gasteiger partial charge is 0.395 e. The van der Waals surface area contributed by atoms with Gasteiger partial charge in [0.25, 0.3) is 0 Å². The van der Waals surface area contributed by atoms with E-state index in [1.807, 2.05) is 35.7 Å². The SMILES string of the molecule is Cc1[nH]cnc1CC1(CO)CCc2c(C)c3ccccn3c2C1=O. The number of aromatic nitrogens is 3. The minimum atomic E-state index is -0.788. The lowest BCUT2D eigenvalue weighted by Crippen LogP contribution is -2.42. The number of hydrogen-bond acceptors (Lipinski definition) is 3. The topological polar surface area (TPSA) is 70.4 Å². The van der Waals surface area contributed by atoms with Gasteiger partial charge in [0, 0.05) is 23.8 Å². The Hall–Kier alpha value is -2.40. The molecule has 5 heteroatoms. The minimum Gasteiger partial charge on any atom is -0.395 e. The summed E-state index contributed by atoms with van der Waals surface area (Å²) in [5, 5.41) is 10.1. The zero-order valence-electron chi connectivity index (χ0n) is 14.0. The number of aryl methyl sites for hydroxylation is 2. The molecule has 3 aromatic rings. The number of aliphatic hydroxyl groups excluding tert-OH is 1. The lowest BCUT2D eigenvalue weighted by molar-refractivity contribution is 0.0577. The molecule has 1 atom stereocenters. The molecule has 1 aliphatic carbocycles. The van der Waals surface area contributed by atoms with Crippen LogP contribution in [0.5, 0.6) is 0 Å². The number of rotatable bonds is 3. The molecular weight excluding hydrogens is 302 g/mol. The van der Waals surface area contributed by atoms with Gasteiger partial charge in [-0.15, -0.1) is 0 Å². The van der Waals surface area contributed by atoms with Crippen LogP contribution in [0.3, 0.4) is 0 Å². The predicted octanol–water partition coefficient (Wildman–Crippen LogP) is 2.63. The molecule has 3 heterocycles. The molecule has 124 valence electrons. The third kappa shape index (κ3) is 1.97. The average molecular weight is 323 g/mol. The summed E-state index contributed by atoms with van der Waals surface area (Å²) in [4.78, 5) is 20.8. The van der Waals surface area contributed by atoms with Crippen molar-refractivity contribution in [1.82, 2.24) is 14.4 Å². The van der Waals surface area contributed by atoms with Gasteiger partial charge in [0.1, 0.15) is 0 Å². The number of carbonyl (C=O) groups excluding carboxylic acids is 1. The average Bonchev–Trinajstić information content (AvgIpc) is 3.13. The van der Waals surface area contributed by atoms with E-state index in [0.29, 0.717) is 12.8 Å². The number of Topliss-reactive ketones (excluding diaryl/α,β-unsaturated/α-hetero) is 1. The fourth-order valence-corrected chi connectivity index (χ4v) is 3.96. The summed E-state index contributed by atoms with van der Waals surface area (Å²) in [5.74, 6) is 0.0305. The molecule has 3 aromatic heterocycles. The molecule has 2 N–H and O–H groups in total. The molecule has 4 rings (SSSR count). The number of ketones is 1. The first-order valence-electron chi connectivity index (χ1n) is 8.30. The maximum atomic E-state index is 13.4. The van der Waals surface area contributed by atoms with E-state index < -0.39 is 5.41 Å². The van der Waals surface area contributed by atoms with Crippen LogP contribution in [0.2, 0.25) is 0 Å². The zero-order chi connectivity index (χ0) is 16.9. The molecule has 5 nitrogen and oxygen atoms in total. The van der Waals surface area contributed by atoms with E-state index >= 15 is 0 Å². The maximum absolute atomic E-state index is 13.4. The third-order valence-electron chi connectivity index (χ3n) is 5.52.